The highest BCUT2D eigenvalue weighted by molar-refractivity contribution is 5.96. The van der Waals surface area contributed by atoms with E-state index in [0.29, 0.717) is 0 Å². The normalized spacial score (nSPS) is 9.90. The number of para-hydroxylation sites is 1. The van der Waals surface area contributed by atoms with Crippen molar-refractivity contribution in [1.82, 2.24) is 0 Å². The van der Waals surface area contributed by atoms with Crippen molar-refractivity contribution in [2.75, 3.05) is 7.11 Å². The summed E-state index contributed by atoms with van der Waals surface area (Å²) in [4.78, 5) is 23.4. The van der Waals surface area contributed by atoms with Crippen LogP contribution in [0, 0.1) is 5.82 Å². The van der Waals surface area contributed by atoms with Gasteiger partial charge in [0.2, 0.25) is 0 Å². The third kappa shape index (κ3) is 3.00. The molecule has 0 bridgehead atoms. The predicted octanol–water partition coefficient (Wildman–Crippen LogP) is 2.83. The maximum Gasteiger partial charge on any atom is 0.343 e. The molecule has 0 N–H and O–H groups in total. The van der Waals surface area contributed by atoms with E-state index in [1.807, 2.05) is 0 Å². The Morgan fingerprint density at radius 3 is 2.25 bits per heavy atom. The Kier molecular flexibility index (Phi) is 4.10. The van der Waals surface area contributed by atoms with Crippen LogP contribution in [-0.4, -0.2) is 19.0 Å². The zero-order chi connectivity index (χ0) is 14.5. The fourth-order valence-corrected chi connectivity index (χ4v) is 1.58. The number of rotatable bonds is 3. The van der Waals surface area contributed by atoms with Crippen LogP contribution in [0.5, 0.6) is 5.75 Å². The number of hydrogen-bond donors (Lipinski definition) is 0. The van der Waals surface area contributed by atoms with Crippen LogP contribution in [0.25, 0.3) is 0 Å². The Labute approximate surface area is 114 Å². The lowest BCUT2D eigenvalue weighted by Gasteiger charge is -2.08. The number of esters is 2. The largest absolute Gasteiger partial charge is 0.465 e. The van der Waals surface area contributed by atoms with Crippen LogP contribution < -0.4 is 4.74 Å². The Morgan fingerprint density at radius 2 is 1.60 bits per heavy atom. The highest BCUT2D eigenvalue weighted by atomic mass is 19.1. The molecule has 0 saturated carbocycles. The van der Waals surface area contributed by atoms with Gasteiger partial charge in [0.05, 0.1) is 12.7 Å². The standard InChI is InChI=1S/C15H11FO4/c1-19-15(18)12-4-2-3-5-13(12)20-14(17)10-6-8-11(16)9-7-10/h2-9H,1H3. The Balaban J connectivity index is 2.24. The summed E-state index contributed by atoms with van der Waals surface area (Å²) in [6.07, 6.45) is 0. The number of halogens is 1. The van der Waals surface area contributed by atoms with Gasteiger partial charge < -0.3 is 9.47 Å². The van der Waals surface area contributed by atoms with E-state index in [1.54, 1.807) is 12.1 Å². The monoisotopic (exact) mass is 274 g/mol. The number of benzene rings is 2. The lowest BCUT2D eigenvalue weighted by molar-refractivity contribution is 0.0593. The second-order valence-electron chi connectivity index (χ2n) is 3.88. The van der Waals surface area contributed by atoms with Crippen molar-refractivity contribution in [3.05, 3.63) is 65.5 Å². The molecule has 4 nitrogen and oxygen atoms in total. The summed E-state index contributed by atoms with van der Waals surface area (Å²) in [6, 6.07) is 11.1. The molecule has 0 spiro atoms. The summed E-state index contributed by atoms with van der Waals surface area (Å²) in [5.41, 5.74) is 0.330. The van der Waals surface area contributed by atoms with Crippen molar-refractivity contribution in [1.29, 1.82) is 0 Å². The Hall–Kier alpha value is -2.69. The molecule has 0 unspecified atom stereocenters. The first-order valence-electron chi connectivity index (χ1n) is 5.77. The van der Waals surface area contributed by atoms with Crippen LogP contribution in [0.4, 0.5) is 4.39 Å². The van der Waals surface area contributed by atoms with Gasteiger partial charge in [0, 0.05) is 0 Å². The van der Waals surface area contributed by atoms with Gasteiger partial charge in [-0.05, 0) is 36.4 Å². The third-order valence-corrected chi connectivity index (χ3v) is 2.57. The average molecular weight is 274 g/mol. The van der Waals surface area contributed by atoms with Gasteiger partial charge >= 0.3 is 11.9 Å². The molecule has 0 heterocycles. The van der Waals surface area contributed by atoms with Gasteiger partial charge in [-0.1, -0.05) is 12.1 Å². The molecular formula is C15H11FO4. The average Bonchev–Trinajstić information content (AvgIpc) is 2.47. The first-order chi connectivity index (χ1) is 9.61. The molecule has 0 amide bonds. The molecule has 20 heavy (non-hydrogen) atoms. The van der Waals surface area contributed by atoms with Crippen molar-refractivity contribution < 1.29 is 23.5 Å². The minimum atomic E-state index is -0.679. The molecule has 0 radical (unpaired) electrons. The predicted molar refractivity (Wildman–Crippen MR) is 69.1 cm³/mol. The van der Waals surface area contributed by atoms with Crippen molar-refractivity contribution in [2.24, 2.45) is 0 Å². The summed E-state index contributed by atoms with van der Waals surface area (Å²) in [6.45, 7) is 0. The molecule has 0 aliphatic rings. The van der Waals surface area contributed by atoms with Gasteiger partial charge in [-0.3, -0.25) is 0 Å². The van der Waals surface area contributed by atoms with E-state index in [1.165, 1.54) is 31.4 Å². The van der Waals surface area contributed by atoms with E-state index >= 15 is 0 Å². The quantitative estimate of drug-likeness (QED) is 0.638. The Bertz CT molecular complexity index is 635. The number of carbonyl (C=O) groups is 2. The fraction of sp³-hybridized carbons (Fsp3) is 0.0667. The number of ether oxygens (including phenoxy) is 2. The van der Waals surface area contributed by atoms with Crippen molar-refractivity contribution in [3.8, 4) is 5.75 Å². The van der Waals surface area contributed by atoms with Crippen molar-refractivity contribution >= 4 is 11.9 Å². The summed E-state index contributed by atoms with van der Waals surface area (Å²) in [5.74, 6) is -1.64. The first-order valence-corrected chi connectivity index (χ1v) is 5.77. The van der Waals surface area contributed by atoms with Crippen LogP contribution in [-0.2, 0) is 4.74 Å². The maximum absolute atomic E-state index is 12.8. The van der Waals surface area contributed by atoms with Crippen LogP contribution in [0.15, 0.2) is 48.5 Å². The third-order valence-electron chi connectivity index (χ3n) is 2.57. The summed E-state index contributed by atoms with van der Waals surface area (Å²) in [7, 11) is 1.24. The fourth-order valence-electron chi connectivity index (χ4n) is 1.58. The van der Waals surface area contributed by atoms with Crippen LogP contribution in [0.2, 0.25) is 0 Å². The summed E-state index contributed by atoms with van der Waals surface area (Å²) in [5, 5.41) is 0. The molecule has 5 heteroatoms. The molecular weight excluding hydrogens is 263 g/mol. The molecule has 2 aromatic rings. The zero-order valence-corrected chi connectivity index (χ0v) is 10.6. The molecule has 102 valence electrons. The smallest absolute Gasteiger partial charge is 0.343 e. The van der Waals surface area contributed by atoms with Gasteiger partial charge in [-0.25, -0.2) is 14.0 Å². The van der Waals surface area contributed by atoms with E-state index in [4.69, 9.17) is 4.74 Å². The van der Waals surface area contributed by atoms with E-state index < -0.39 is 17.8 Å². The van der Waals surface area contributed by atoms with E-state index in [-0.39, 0.29) is 16.9 Å². The highest BCUT2D eigenvalue weighted by Gasteiger charge is 2.16. The van der Waals surface area contributed by atoms with Gasteiger partial charge in [0.1, 0.15) is 17.1 Å². The molecule has 2 rings (SSSR count). The second-order valence-corrected chi connectivity index (χ2v) is 3.88. The SMILES string of the molecule is COC(=O)c1ccccc1OC(=O)c1ccc(F)cc1. The lowest BCUT2D eigenvalue weighted by atomic mass is 10.2. The van der Waals surface area contributed by atoms with Crippen LogP contribution in [0.1, 0.15) is 20.7 Å². The van der Waals surface area contributed by atoms with E-state index in [9.17, 15) is 14.0 Å². The molecule has 0 atom stereocenters. The lowest BCUT2D eigenvalue weighted by Crippen LogP contribution is -2.12. The van der Waals surface area contributed by atoms with Crippen LogP contribution >= 0.6 is 0 Å². The zero-order valence-electron chi connectivity index (χ0n) is 10.6. The highest BCUT2D eigenvalue weighted by Crippen LogP contribution is 2.20. The van der Waals surface area contributed by atoms with Gasteiger partial charge in [-0.2, -0.15) is 0 Å². The minimum absolute atomic E-state index is 0.0914. The van der Waals surface area contributed by atoms with Gasteiger partial charge in [0.15, 0.2) is 0 Å². The molecule has 0 fully saturated rings. The molecule has 0 saturated heterocycles. The van der Waals surface area contributed by atoms with Gasteiger partial charge in [-0.15, -0.1) is 0 Å². The number of carbonyl (C=O) groups excluding carboxylic acids is 2. The summed E-state index contributed by atoms with van der Waals surface area (Å²) >= 11 is 0. The molecule has 0 aliphatic heterocycles. The first kappa shape index (κ1) is 13.7. The Morgan fingerprint density at radius 1 is 0.950 bits per heavy atom. The minimum Gasteiger partial charge on any atom is -0.465 e. The van der Waals surface area contributed by atoms with Crippen molar-refractivity contribution in [2.45, 2.75) is 0 Å². The second kappa shape index (κ2) is 5.97. The van der Waals surface area contributed by atoms with E-state index in [0.717, 1.165) is 12.1 Å². The summed E-state index contributed by atoms with van der Waals surface area (Å²) < 4.78 is 22.5. The molecule has 0 aliphatic carbocycles. The van der Waals surface area contributed by atoms with E-state index in [2.05, 4.69) is 4.74 Å². The topological polar surface area (TPSA) is 52.6 Å². The number of hydrogen-bond acceptors (Lipinski definition) is 4. The molecule has 0 aromatic heterocycles. The van der Waals surface area contributed by atoms with Crippen molar-refractivity contribution in [3.63, 3.8) is 0 Å². The number of methoxy groups -OCH3 is 1. The van der Waals surface area contributed by atoms with Crippen LogP contribution in [0.3, 0.4) is 0 Å². The maximum atomic E-state index is 12.8. The van der Waals surface area contributed by atoms with Gasteiger partial charge in [0.25, 0.3) is 0 Å². The molecule has 2 aromatic carbocycles.